The van der Waals surface area contributed by atoms with Crippen LogP contribution in [0.1, 0.15) is 23.5 Å². The SMILES string of the molecule is Cc1oc(CN)cc1S(=O)(=O)NCCCc1ccccc1. The van der Waals surface area contributed by atoms with Gasteiger partial charge >= 0.3 is 0 Å². The molecule has 0 amide bonds. The normalized spacial score (nSPS) is 11.7. The molecule has 3 N–H and O–H groups in total. The number of aryl methyl sites for hydroxylation is 2. The zero-order valence-corrected chi connectivity index (χ0v) is 12.8. The van der Waals surface area contributed by atoms with Gasteiger partial charge in [0.05, 0.1) is 6.54 Å². The Labute approximate surface area is 125 Å². The number of hydrogen-bond donors (Lipinski definition) is 2. The summed E-state index contributed by atoms with van der Waals surface area (Å²) < 4.78 is 32.2. The van der Waals surface area contributed by atoms with Gasteiger partial charge in [0, 0.05) is 12.6 Å². The maximum Gasteiger partial charge on any atom is 0.244 e. The van der Waals surface area contributed by atoms with Crippen LogP contribution in [0, 0.1) is 6.92 Å². The first-order chi connectivity index (χ1) is 10.0. The maximum absolute atomic E-state index is 12.2. The number of nitrogens with one attached hydrogen (secondary N) is 1. The summed E-state index contributed by atoms with van der Waals surface area (Å²) >= 11 is 0. The van der Waals surface area contributed by atoms with Gasteiger partial charge in [-0.3, -0.25) is 0 Å². The number of rotatable bonds is 7. The van der Waals surface area contributed by atoms with Crippen LogP contribution in [0.5, 0.6) is 0 Å². The van der Waals surface area contributed by atoms with Gasteiger partial charge in [-0.2, -0.15) is 0 Å². The third-order valence-corrected chi connectivity index (χ3v) is 4.76. The molecule has 2 aromatic rings. The average Bonchev–Trinajstić information content (AvgIpc) is 2.87. The van der Waals surface area contributed by atoms with E-state index in [0.29, 0.717) is 18.1 Å². The van der Waals surface area contributed by atoms with E-state index in [1.54, 1.807) is 6.92 Å². The van der Waals surface area contributed by atoms with Crippen LogP contribution in [0.15, 0.2) is 45.7 Å². The van der Waals surface area contributed by atoms with E-state index < -0.39 is 10.0 Å². The molecule has 0 radical (unpaired) electrons. The number of benzene rings is 1. The van der Waals surface area contributed by atoms with Crippen LogP contribution in [-0.2, 0) is 23.0 Å². The summed E-state index contributed by atoms with van der Waals surface area (Å²) in [5, 5.41) is 0. The zero-order valence-electron chi connectivity index (χ0n) is 12.0. The van der Waals surface area contributed by atoms with Crippen LogP contribution in [0.25, 0.3) is 0 Å². The van der Waals surface area contributed by atoms with E-state index in [-0.39, 0.29) is 11.4 Å². The monoisotopic (exact) mass is 308 g/mol. The van der Waals surface area contributed by atoms with Crippen LogP contribution < -0.4 is 10.5 Å². The van der Waals surface area contributed by atoms with Crippen LogP contribution in [0.2, 0.25) is 0 Å². The highest BCUT2D eigenvalue weighted by atomic mass is 32.2. The Balaban J connectivity index is 1.91. The van der Waals surface area contributed by atoms with Crippen molar-refractivity contribution in [2.24, 2.45) is 5.73 Å². The van der Waals surface area contributed by atoms with Crippen molar-refractivity contribution in [3.05, 3.63) is 53.5 Å². The molecule has 0 atom stereocenters. The molecule has 6 heteroatoms. The second-order valence-electron chi connectivity index (χ2n) is 4.82. The third kappa shape index (κ3) is 4.17. The molecule has 0 fully saturated rings. The van der Waals surface area contributed by atoms with E-state index in [0.717, 1.165) is 12.8 Å². The second kappa shape index (κ2) is 6.89. The summed E-state index contributed by atoms with van der Waals surface area (Å²) in [6, 6.07) is 11.5. The van der Waals surface area contributed by atoms with Crippen molar-refractivity contribution in [3.8, 4) is 0 Å². The molecule has 0 spiro atoms. The first kappa shape index (κ1) is 15.8. The lowest BCUT2D eigenvalue weighted by Gasteiger charge is -2.05. The van der Waals surface area contributed by atoms with E-state index in [1.807, 2.05) is 30.3 Å². The molecule has 1 aromatic carbocycles. The lowest BCUT2D eigenvalue weighted by atomic mass is 10.1. The number of sulfonamides is 1. The molecule has 1 aromatic heterocycles. The van der Waals surface area contributed by atoms with Crippen molar-refractivity contribution in [2.75, 3.05) is 6.54 Å². The van der Waals surface area contributed by atoms with Crippen LogP contribution >= 0.6 is 0 Å². The molecule has 0 unspecified atom stereocenters. The van der Waals surface area contributed by atoms with E-state index in [1.165, 1.54) is 11.6 Å². The fourth-order valence-electron chi connectivity index (χ4n) is 2.11. The molecule has 0 saturated heterocycles. The van der Waals surface area contributed by atoms with E-state index >= 15 is 0 Å². The smallest absolute Gasteiger partial charge is 0.244 e. The van der Waals surface area contributed by atoms with Crippen molar-refractivity contribution in [1.29, 1.82) is 0 Å². The van der Waals surface area contributed by atoms with Crippen molar-refractivity contribution < 1.29 is 12.8 Å². The van der Waals surface area contributed by atoms with Crippen molar-refractivity contribution >= 4 is 10.0 Å². The Morgan fingerprint density at radius 1 is 1.24 bits per heavy atom. The quantitative estimate of drug-likeness (QED) is 0.766. The molecule has 0 bridgehead atoms. The summed E-state index contributed by atoms with van der Waals surface area (Å²) in [5.74, 6) is 0.836. The minimum absolute atomic E-state index is 0.169. The number of nitrogens with two attached hydrogens (primary N) is 1. The lowest BCUT2D eigenvalue weighted by molar-refractivity contribution is 0.478. The van der Waals surface area contributed by atoms with Gasteiger partial charge in [0.2, 0.25) is 10.0 Å². The lowest BCUT2D eigenvalue weighted by Crippen LogP contribution is -2.25. The van der Waals surface area contributed by atoms with Gasteiger partial charge in [-0.1, -0.05) is 30.3 Å². The molecule has 114 valence electrons. The van der Waals surface area contributed by atoms with Crippen LogP contribution in [0.3, 0.4) is 0 Å². The zero-order chi connectivity index (χ0) is 15.3. The molecule has 0 aliphatic carbocycles. The van der Waals surface area contributed by atoms with E-state index in [4.69, 9.17) is 10.2 Å². The highest BCUT2D eigenvalue weighted by Gasteiger charge is 2.20. The van der Waals surface area contributed by atoms with Crippen molar-refractivity contribution in [2.45, 2.75) is 31.2 Å². The van der Waals surface area contributed by atoms with Gasteiger partial charge in [0.25, 0.3) is 0 Å². The summed E-state index contributed by atoms with van der Waals surface area (Å²) in [7, 11) is -3.53. The predicted octanol–water partition coefficient (Wildman–Crippen LogP) is 1.96. The Morgan fingerprint density at radius 3 is 2.57 bits per heavy atom. The Kier molecular flexibility index (Phi) is 5.17. The Hall–Kier alpha value is -1.63. The number of hydrogen-bond acceptors (Lipinski definition) is 4. The topological polar surface area (TPSA) is 85.3 Å². The highest BCUT2D eigenvalue weighted by molar-refractivity contribution is 7.89. The summed E-state index contributed by atoms with van der Waals surface area (Å²) in [6.45, 7) is 2.20. The molecule has 2 rings (SSSR count). The molecule has 0 aliphatic rings. The first-order valence-electron chi connectivity index (χ1n) is 6.86. The maximum atomic E-state index is 12.2. The molecule has 5 nitrogen and oxygen atoms in total. The summed E-state index contributed by atoms with van der Waals surface area (Å²) in [4.78, 5) is 0.169. The predicted molar refractivity (Wildman–Crippen MR) is 81.3 cm³/mol. The molecule has 1 heterocycles. The van der Waals surface area contributed by atoms with E-state index in [9.17, 15) is 8.42 Å². The van der Waals surface area contributed by atoms with Crippen molar-refractivity contribution in [3.63, 3.8) is 0 Å². The highest BCUT2D eigenvalue weighted by Crippen LogP contribution is 2.19. The second-order valence-corrected chi connectivity index (χ2v) is 6.56. The fourth-order valence-corrected chi connectivity index (χ4v) is 3.39. The largest absolute Gasteiger partial charge is 0.464 e. The van der Waals surface area contributed by atoms with Gasteiger partial charge in [-0.25, -0.2) is 13.1 Å². The summed E-state index contributed by atoms with van der Waals surface area (Å²) in [5.41, 5.74) is 6.65. The fraction of sp³-hybridized carbons (Fsp3) is 0.333. The van der Waals surface area contributed by atoms with Crippen molar-refractivity contribution in [1.82, 2.24) is 4.72 Å². The minimum Gasteiger partial charge on any atom is -0.464 e. The van der Waals surface area contributed by atoms with Gasteiger partial charge in [0.1, 0.15) is 16.4 Å². The number of furan rings is 1. The van der Waals surface area contributed by atoms with Gasteiger partial charge in [0.15, 0.2) is 0 Å². The first-order valence-corrected chi connectivity index (χ1v) is 8.34. The molecular formula is C15H20N2O3S. The summed E-state index contributed by atoms with van der Waals surface area (Å²) in [6.07, 6.45) is 1.58. The van der Waals surface area contributed by atoms with Crippen LogP contribution in [0.4, 0.5) is 0 Å². The van der Waals surface area contributed by atoms with Gasteiger partial charge in [-0.05, 0) is 25.3 Å². The molecule has 21 heavy (non-hydrogen) atoms. The third-order valence-electron chi connectivity index (χ3n) is 3.19. The Bertz CT molecular complexity index is 678. The minimum atomic E-state index is -3.53. The average molecular weight is 308 g/mol. The van der Waals surface area contributed by atoms with Gasteiger partial charge in [-0.15, -0.1) is 0 Å². The molecular weight excluding hydrogens is 288 g/mol. The van der Waals surface area contributed by atoms with E-state index in [2.05, 4.69) is 4.72 Å². The van der Waals surface area contributed by atoms with Gasteiger partial charge < -0.3 is 10.2 Å². The Morgan fingerprint density at radius 2 is 1.95 bits per heavy atom. The molecule has 0 saturated carbocycles. The molecule has 0 aliphatic heterocycles. The standard InChI is InChI=1S/C15H20N2O3S/c1-12-15(10-14(11-16)20-12)21(18,19)17-9-5-8-13-6-3-2-4-7-13/h2-4,6-7,10,17H,5,8-9,11,16H2,1H3. The van der Waals surface area contributed by atoms with Crippen LogP contribution in [-0.4, -0.2) is 15.0 Å².